The second-order valence-electron chi connectivity index (χ2n) is 16.8. The normalized spacial score (nSPS) is 11.9. The SMILES string of the molecule is CC(C)(C)c1ccc(-n2c(-c3ccccc3O)nc3c(-c4cc(-c5ccccc5)cc(-c5cc6c(cn5)oc5c7ccccc7ccc65)c4)cccc32)c(-c2ccccc2)c1. The van der Waals surface area contributed by atoms with Crippen LogP contribution in [0.25, 0.3) is 105 Å². The molecule has 5 nitrogen and oxygen atoms in total. The molecule has 0 saturated heterocycles. The summed E-state index contributed by atoms with van der Waals surface area (Å²) < 4.78 is 8.67. The summed E-state index contributed by atoms with van der Waals surface area (Å²) in [5, 5.41) is 15.7. The van der Waals surface area contributed by atoms with E-state index in [2.05, 4.69) is 171 Å². The Labute approximate surface area is 353 Å². The van der Waals surface area contributed by atoms with Gasteiger partial charge in [-0.15, -0.1) is 0 Å². The van der Waals surface area contributed by atoms with Crippen molar-refractivity contribution in [2.45, 2.75) is 26.2 Å². The zero-order valence-corrected chi connectivity index (χ0v) is 34.1. The van der Waals surface area contributed by atoms with Crippen LogP contribution in [0.15, 0.2) is 193 Å². The molecule has 11 aromatic rings. The number of hydrogen-bond donors (Lipinski definition) is 1. The van der Waals surface area contributed by atoms with Gasteiger partial charge in [-0.3, -0.25) is 9.55 Å². The van der Waals surface area contributed by atoms with Crippen LogP contribution in [0.3, 0.4) is 0 Å². The average Bonchev–Trinajstić information content (AvgIpc) is 3.88. The molecule has 0 spiro atoms. The number of nitrogens with zero attached hydrogens (tertiary/aromatic N) is 3. The van der Waals surface area contributed by atoms with E-state index < -0.39 is 0 Å². The third-order valence-electron chi connectivity index (χ3n) is 11.9. The first kappa shape index (κ1) is 36.3. The van der Waals surface area contributed by atoms with E-state index in [4.69, 9.17) is 14.4 Å². The van der Waals surface area contributed by atoms with Crippen LogP contribution in [0, 0.1) is 0 Å². The van der Waals surface area contributed by atoms with E-state index in [9.17, 15) is 5.11 Å². The van der Waals surface area contributed by atoms with Gasteiger partial charge in [0.05, 0.1) is 34.2 Å². The third kappa shape index (κ3) is 6.25. The minimum atomic E-state index is -0.0628. The minimum absolute atomic E-state index is 0.0628. The van der Waals surface area contributed by atoms with Crippen molar-refractivity contribution in [3.05, 3.63) is 194 Å². The second kappa shape index (κ2) is 14.2. The first-order chi connectivity index (χ1) is 29.8. The zero-order chi connectivity index (χ0) is 41.2. The number of aromatic nitrogens is 3. The Morgan fingerprint density at radius 1 is 0.525 bits per heavy atom. The fraction of sp³-hybridized carbons (Fsp3) is 0.0714. The molecule has 0 unspecified atom stereocenters. The monoisotopic (exact) mass is 787 g/mol. The number of benzene rings is 8. The van der Waals surface area contributed by atoms with Crippen molar-refractivity contribution in [3.63, 3.8) is 0 Å². The first-order valence-electron chi connectivity index (χ1n) is 20.7. The number of furan rings is 1. The predicted octanol–water partition coefficient (Wildman–Crippen LogP) is 14.8. The molecular weight excluding hydrogens is 747 g/mol. The molecule has 0 radical (unpaired) electrons. The average molecular weight is 788 g/mol. The number of aromatic hydroxyl groups is 1. The van der Waals surface area contributed by atoms with E-state index in [1.807, 2.05) is 36.5 Å². The second-order valence-corrected chi connectivity index (χ2v) is 16.8. The Balaban J connectivity index is 1.16. The van der Waals surface area contributed by atoms with Gasteiger partial charge in [0.1, 0.15) is 17.2 Å². The van der Waals surface area contributed by atoms with Crippen molar-refractivity contribution >= 4 is 43.7 Å². The molecule has 0 aliphatic heterocycles. The molecular formula is C56H41N3O2. The number of fused-ring (bicyclic) bond motifs is 6. The summed E-state index contributed by atoms with van der Waals surface area (Å²) >= 11 is 0. The van der Waals surface area contributed by atoms with E-state index >= 15 is 0 Å². The van der Waals surface area contributed by atoms with Crippen LogP contribution in [-0.4, -0.2) is 19.6 Å². The Morgan fingerprint density at radius 3 is 2.03 bits per heavy atom. The Hall–Kier alpha value is -7.76. The molecule has 292 valence electrons. The van der Waals surface area contributed by atoms with Gasteiger partial charge in [0.25, 0.3) is 0 Å². The standard InChI is InChI=1S/C56H41N3O2/c1-56(2,3)41-26-28-49(46(32-41)36-17-8-5-9-18-36)59-50-23-14-22-42(53(50)58-55(59)45-21-12-13-24-51(45)60)39-29-38(35-15-6-4-7-16-35)30-40(31-39)48-33-47-44-27-25-37-19-10-11-20-43(37)54(44)61-52(47)34-57-48/h4-34,60H,1-3H3. The zero-order valence-electron chi connectivity index (χ0n) is 34.1. The van der Waals surface area contributed by atoms with Gasteiger partial charge in [-0.1, -0.05) is 142 Å². The highest BCUT2D eigenvalue weighted by molar-refractivity contribution is 6.15. The largest absolute Gasteiger partial charge is 0.507 e. The van der Waals surface area contributed by atoms with E-state index in [1.165, 1.54) is 5.56 Å². The van der Waals surface area contributed by atoms with Crippen LogP contribution in [0.1, 0.15) is 26.3 Å². The van der Waals surface area contributed by atoms with E-state index in [-0.39, 0.29) is 11.2 Å². The number of pyridine rings is 1. The number of phenolic OH excluding ortho intramolecular Hbond substituents is 1. The molecule has 0 amide bonds. The van der Waals surface area contributed by atoms with Crippen molar-refractivity contribution in [2.75, 3.05) is 0 Å². The summed E-state index contributed by atoms with van der Waals surface area (Å²) in [6.07, 6.45) is 1.85. The van der Waals surface area contributed by atoms with Crippen LogP contribution < -0.4 is 0 Å². The fourth-order valence-electron chi connectivity index (χ4n) is 8.76. The van der Waals surface area contributed by atoms with Gasteiger partial charge in [-0.25, -0.2) is 4.98 Å². The summed E-state index contributed by atoms with van der Waals surface area (Å²) in [6.45, 7) is 6.73. The van der Waals surface area contributed by atoms with Gasteiger partial charge in [-0.05, 0) is 99.3 Å². The maximum absolute atomic E-state index is 11.4. The summed E-state index contributed by atoms with van der Waals surface area (Å²) in [6, 6.07) is 63.1. The molecule has 0 saturated carbocycles. The van der Waals surface area contributed by atoms with E-state index in [0.29, 0.717) is 11.4 Å². The molecule has 5 heteroatoms. The quantitative estimate of drug-likeness (QED) is 0.182. The highest BCUT2D eigenvalue weighted by Crippen LogP contribution is 2.43. The van der Waals surface area contributed by atoms with Gasteiger partial charge in [0, 0.05) is 32.8 Å². The van der Waals surface area contributed by atoms with Gasteiger partial charge in [0.15, 0.2) is 5.58 Å². The third-order valence-corrected chi connectivity index (χ3v) is 11.9. The molecule has 0 aliphatic rings. The van der Waals surface area contributed by atoms with Gasteiger partial charge < -0.3 is 9.52 Å². The van der Waals surface area contributed by atoms with Crippen LogP contribution in [0.4, 0.5) is 0 Å². The predicted molar refractivity (Wildman–Crippen MR) is 251 cm³/mol. The molecule has 3 aromatic heterocycles. The summed E-state index contributed by atoms with van der Waals surface area (Å²) in [7, 11) is 0. The molecule has 3 heterocycles. The fourth-order valence-corrected chi connectivity index (χ4v) is 8.76. The number of hydrogen-bond acceptors (Lipinski definition) is 4. The van der Waals surface area contributed by atoms with Gasteiger partial charge >= 0.3 is 0 Å². The Kier molecular flexibility index (Phi) is 8.46. The summed E-state index contributed by atoms with van der Waals surface area (Å²) in [5.74, 6) is 0.829. The number of rotatable bonds is 6. The maximum atomic E-state index is 11.4. The number of imidazole rings is 1. The van der Waals surface area contributed by atoms with Gasteiger partial charge in [-0.2, -0.15) is 0 Å². The van der Waals surface area contributed by atoms with Crippen molar-refractivity contribution in [1.29, 1.82) is 0 Å². The van der Waals surface area contributed by atoms with Crippen LogP contribution in [0.2, 0.25) is 0 Å². The van der Waals surface area contributed by atoms with Crippen LogP contribution in [0.5, 0.6) is 5.75 Å². The molecule has 0 bridgehead atoms. The highest BCUT2D eigenvalue weighted by atomic mass is 16.3. The molecule has 11 rings (SSSR count). The maximum Gasteiger partial charge on any atom is 0.153 e. The van der Waals surface area contributed by atoms with Crippen molar-refractivity contribution < 1.29 is 9.52 Å². The number of para-hydroxylation sites is 2. The smallest absolute Gasteiger partial charge is 0.153 e. The first-order valence-corrected chi connectivity index (χ1v) is 20.7. The van der Waals surface area contributed by atoms with Crippen LogP contribution in [-0.2, 0) is 5.41 Å². The van der Waals surface area contributed by atoms with Crippen molar-refractivity contribution in [3.8, 4) is 67.5 Å². The van der Waals surface area contributed by atoms with Crippen molar-refractivity contribution in [1.82, 2.24) is 14.5 Å². The van der Waals surface area contributed by atoms with Crippen molar-refractivity contribution in [2.24, 2.45) is 0 Å². The number of phenols is 1. The van der Waals surface area contributed by atoms with E-state index in [0.717, 1.165) is 94.1 Å². The molecule has 61 heavy (non-hydrogen) atoms. The molecule has 0 aliphatic carbocycles. The highest BCUT2D eigenvalue weighted by Gasteiger charge is 2.24. The molecule has 8 aromatic carbocycles. The lowest BCUT2D eigenvalue weighted by Gasteiger charge is -2.23. The molecule has 0 fully saturated rings. The Morgan fingerprint density at radius 2 is 1.23 bits per heavy atom. The summed E-state index contributed by atoms with van der Waals surface area (Å²) in [5.41, 5.74) is 14.4. The topological polar surface area (TPSA) is 64.1 Å². The minimum Gasteiger partial charge on any atom is -0.507 e. The van der Waals surface area contributed by atoms with Crippen LogP contribution >= 0.6 is 0 Å². The lowest BCUT2D eigenvalue weighted by molar-refractivity contribution is 0.477. The van der Waals surface area contributed by atoms with E-state index in [1.54, 1.807) is 6.07 Å². The molecule has 1 N–H and O–H groups in total. The Bertz CT molecular complexity index is 3460. The lowest BCUT2D eigenvalue weighted by Crippen LogP contribution is -2.12. The molecule has 0 atom stereocenters. The van der Waals surface area contributed by atoms with Gasteiger partial charge in [0.2, 0.25) is 0 Å². The lowest BCUT2D eigenvalue weighted by atomic mass is 9.85. The summed E-state index contributed by atoms with van der Waals surface area (Å²) in [4.78, 5) is 10.5.